The van der Waals surface area contributed by atoms with Crippen molar-refractivity contribution in [1.29, 1.82) is 0 Å². The summed E-state index contributed by atoms with van der Waals surface area (Å²) in [4.78, 5) is 12.0. The van der Waals surface area contributed by atoms with E-state index in [2.05, 4.69) is 50.4 Å². The lowest BCUT2D eigenvalue weighted by Crippen LogP contribution is -2.28. The maximum Gasteiger partial charge on any atom is 0.220 e. The first-order chi connectivity index (χ1) is 9.34. The SMILES string of the molecule is Cc1ccc(C(C)NC(=O)CCC(C)(C)CCN)cc1. The average molecular weight is 276 g/mol. The van der Waals surface area contributed by atoms with E-state index >= 15 is 0 Å². The van der Waals surface area contributed by atoms with Crippen LogP contribution in [0.5, 0.6) is 0 Å². The van der Waals surface area contributed by atoms with Crippen molar-refractivity contribution in [2.75, 3.05) is 6.54 Å². The molecule has 0 heterocycles. The molecule has 0 aromatic heterocycles. The predicted molar refractivity (Wildman–Crippen MR) is 84.4 cm³/mol. The van der Waals surface area contributed by atoms with E-state index in [4.69, 9.17) is 5.73 Å². The van der Waals surface area contributed by atoms with Gasteiger partial charge in [-0.25, -0.2) is 0 Å². The molecular weight excluding hydrogens is 248 g/mol. The minimum Gasteiger partial charge on any atom is -0.350 e. The predicted octanol–water partition coefficient (Wildman–Crippen LogP) is 3.33. The van der Waals surface area contributed by atoms with Crippen molar-refractivity contribution < 1.29 is 4.79 Å². The van der Waals surface area contributed by atoms with E-state index in [0.29, 0.717) is 13.0 Å². The first-order valence-corrected chi connectivity index (χ1v) is 7.40. The fraction of sp³-hybridized carbons (Fsp3) is 0.588. The van der Waals surface area contributed by atoms with Crippen molar-refractivity contribution in [3.05, 3.63) is 35.4 Å². The molecule has 0 aliphatic heterocycles. The number of amides is 1. The van der Waals surface area contributed by atoms with E-state index in [1.807, 2.05) is 6.92 Å². The Bertz CT molecular complexity index is 423. The van der Waals surface area contributed by atoms with Gasteiger partial charge in [-0.2, -0.15) is 0 Å². The van der Waals surface area contributed by atoms with E-state index < -0.39 is 0 Å². The van der Waals surface area contributed by atoms with Gasteiger partial charge in [0.2, 0.25) is 5.91 Å². The summed E-state index contributed by atoms with van der Waals surface area (Å²) in [6, 6.07) is 8.34. The van der Waals surface area contributed by atoms with Crippen LogP contribution in [0.15, 0.2) is 24.3 Å². The summed E-state index contributed by atoms with van der Waals surface area (Å²) in [5, 5.41) is 3.06. The smallest absolute Gasteiger partial charge is 0.220 e. The Kier molecular flexibility index (Phi) is 6.21. The molecular formula is C17H28N2O. The first-order valence-electron chi connectivity index (χ1n) is 7.40. The molecule has 0 aliphatic rings. The molecule has 1 unspecified atom stereocenters. The number of rotatable bonds is 7. The van der Waals surface area contributed by atoms with Crippen LogP contribution in [0.2, 0.25) is 0 Å². The topological polar surface area (TPSA) is 55.1 Å². The number of benzene rings is 1. The molecule has 0 bridgehead atoms. The van der Waals surface area contributed by atoms with Crippen LogP contribution in [0.4, 0.5) is 0 Å². The van der Waals surface area contributed by atoms with Crippen LogP contribution in [0.1, 0.15) is 57.2 Å². The Morgan fingerprint density at radius 2 is 1.85 bits per heavy atom. The van der Waals surface area contributed by atoms with Gasteiger partial charge in [-0.05, 0) is 44.2 Å². The van der Waals surface area contributed by atoms with E-state index in [1.54, 1.807) is 0 Å². The Balaban J connectivity index is 2.44. The zero-order valence-electron chi connectivity index (χ0n) is 13.2. The molecule has 3 heteroatoms. The van der Waals surface area contributed by atoms with Crippen molar-refractivity contribution in [2.45, 2.75) is 53.0 Å². The molecule has 0 saturated carbocycles. The van der Waals surface area contributed by atoms with Gasteiger partial charge in [-0.1, -0.05) is 43.7 Å². The lowest BCUT2D eigenvalue weighted by molar-refractivity contribution is -0.122. The van der Waals surface area contributed by atoms with E-state index in [0.717, 1.165) is 18.4 Å². The number of aryl methyl sites for hydroxylation is 1. The van der Waals surface area contributed by atoms with Gasteiger partial charge in [0.1, 0.15) is 0 Å². The summed E-state index contributed by atoms with van der Waals surface area (Å²) in [5.41, 5.74) is 8.10. The molecule has 1 amide bonds. The number of hydrogen-bond acceptors (Lipinski definition) is 2. The second-order valence-corrected chi connectivity index (χ2v) is 6.40. The van der Waals surface area contributed by atoms with Crippen LogP contribution < -0.4 is 11.1 Å². The van der Waals surface area contributed by atoms with E-state index in [9.17, 15) is 4.79 Å². The maximum atomic E-state index is 12.0. The maximum absolute atomic E-state index is 12.0. The average Bonchev–Trinajstić information content (AvgIpc) is 2.37. The monoisotopic (exact) mass is 276 g/mol. The van der Waals surface area contributed by atoms with Gasteiger partial charge >= 0.3 is 0 Å². The molecule has 0 fully saturated rings. The van der Waals surface area contributed by atoms with Crippen LogP contribution in [-0.4, -0.2) is 12.5 Å². The summed E-state index contributed by atoms with van der Waals surface area (Å²) >= 11 is 0. The third kappa shape index (κ3) is 5.74. The second-order valence-electron chi connectivity index (χ2n) is 6.40. The van der Waals surface area contributed by atoms with Crippen LogP contribution in [0, 0.1) is 12.3 Å². The molecule has 1 aromatic carbocycles. The molecule has 3 N–H and O–H groups in total. The highest BCUT2D eigenvalue weighted by molar-refractivity contribution is 5.76. The highest BCUT2D eigenvalue weighted by atomic mass is 16.1. The number of nitrogens with two attached hydrogens (primary N) is 1. The van der Waals surface area contributed by atoms with Gasteiger partial charge in [0.25, 0.3) is 0 Å². The van der Waals surface area contributed by atoms with Crippen molar-refractivity contribution >= 4 is 5.91 Å². The standard InChI is InChI=1S/C17H28N2O/c1-13-5-7-15(8-6-13)14(2)19-16(20)9-10-17(3,4)11-12-18/h5-8,14H,9-12,18H2,1-4H3,(H,19,20). The molecule has 112 valence electrons. The fourth-order valence-electron chi connectivity index (χ4n) is 2.22. The minimum absolute atomic E-state index is 0.0562. The number of hydrogen-bond donors (Lipinski definition) is 2. The quantitative estimate of drug-likeness (QED) is 0.802. The number of carbonyl (C=O) groups excluding carboxylic acids is 1. The number of carbonyl (C=O) groups is 1. The van der Waals surface area contributed by atoms with Gasteiger partial charge in [-0.15, -0.1) is 0 Å². The Morgan fingerprint density at radius 1 is 1.25 bits per heavy atom. The molecule has 0 saturated heterocycles. The van der Waals surface area contributed by atoms with Crippen LogP contribution in [0.3, 0.4) is 0 Å². The van der Waals surface area contributed by atoms with Crippen molar-refractivity contribution in [3.8, 4) is 0 Å². The largest absolute Gasteiger partial charge is 0.350 e. The molecule has 3 nitrogen and oxygen atoms in total. The second kappa shape index (κ2) is 7.44. The van der Waals surface area contributed by atoms with Gasteiger partial charge in [0, 0.05) is 6.42 Å². The van der Waals surface area contributed by atoms with Gasteiger partial charge in [0.05, 0.1) is 6.04 Å². The molecule has 0 spiro atoms. The summed E-state index contributed by atoms with van der Waals surface area (Å²) in [5.74, 6) is 0.114. The summed E-state index contributed by atoms with van der Waals surface area (Å²) in [6.07, 6.45) is 2.38. The van der Waals surface area contributed by atoms with Crippen molar-refractivity contribution in [3.63, 3.8) is 0 Å². The number of nitrogens with one attached hydrogen (secondary N) is 1. The highest BCUT2D eigenvalue weighted by Gasteiger charge is 2.19. The van der Waals surface area contributed by atoms with E-state index in [-0.39, 0.29) is 17.4 Å². The lowest BCUT2D eigenvalue weighted by Gasteiger charge is -2.24. The van der Waals surface area contributed by atoms with Gasteiger partial charge in [0.15, 0.2) is 0 Å². The van der Waals surface area contributed by atoms with Gasteiger partial charge in [-0.3, -0.25) is 4.79 Å². The van der Waals surface area contributed by atoms with E-state index in [1.165, 1.54) is 5.56 Å². The fourth-order valence-corrected chi connectivity index (χ4v) is 2.22. The summed E-state index contributed by atoms with van der Waals surface area (Å²) < 4.78 is 0. The Hall–Kier alpha value is -1.35. The minimum atomic E-state index is 0.0562. The molecule has 0 aliphatic carbocycles. The van der Waals surface area contributed by atoms with Crippen molar-refractivity contribution in [1.82, 2.24) is 5.32 Å². The Morgan fingerprint density at radius 3 is 2.40 bits per heavy atom. The lowest BCUT2D eigenvalue weighted by atomic mass is 9.84. The highest BCUT2D eigenvalue weighted by Crippen LogP contribution is 2.26. The molecule has 1 aromatic rings. The third-order valence-corrected chi connectivity index (χ3v) is 3.80. The first kappa shape index (κ1) is 16.7. The van der Waals surface area contributed by atoms with Crippen molar-refractivity contribution in [2.24, 2.45) is 11.1 Å². The normalized spacial score (nSPS) is 13.1. The summed E-state index contributed by atoms with van der Waals surface area (Å²) in [6.45, 7) is 9.08. The van der Waals surface area contributed by atoms with Crippen LogP contribution in [-0.2, 0) is 4.79 Å². The van der Waals surface area contributed by atoms with Gasteiger partial charge < -0.3 is 11.1 Å². The zero-order valence-corrected chi connectivity index (χ0v) is 13.2. The third-order valence-electron chi connectivity index (χ3n) is 3.80. The molecule has 20 heavy (non-hydrogen) atoms. The Labute approximate surface area is 122 Å². The zero-order chi connectivity index (χ0) is 15.2. The van der Waals surface area contributed by atoms with Crippen LogP contribution >= 0.6 is 0 Å². The molecule has 1 atom stereocenters. The van der Waals surface area contributed by atoms with Crippen LogP contribution in [0.25, 0.3) is 0 Å². The molecule has 1 rings (SSSR count). The summed E-state index contributed by atoms with van der Waals surface area (Å²) in [7, 11) is 0. The molecule has 0 radical (unpaired) electrons.